The van der Waals surface area contributed by atoms with Crippen LogP contribution in [0.5, 0.6) is 0 Å². The van der Waals surface area contributed by atoms with Crippen LogP contribution in [0.15, 0.2) is 24.3 Å². The second-order valence-electron chi connectivity index (χ2n) is 4.64. The van der Waals surface area contributed by atoms with Crippen molar-refractivity contribution in [3.8, 4) is 11.5 Å². The molecule has 1 nitrogen and oxygen atoms in total. The van der Waals surface area contributed by atoms with E-state index in [0.717, 1.165) is 11.1 Å². The fraction of sp³-hybridized carbons (Fsp3) is 0.308. The van der Waals surface area contributed by atoms with Crippen LogP contribution in [0.3, 0.4) is 0 Å². The molecule has 0 amide bonds. The SMILES string of the molecule is Cc1ccccc1C(=O)C#C[Si](C)(C)C. The van der Waals surface area contributed by atoms with E-state index < -0.39 is 8.07 Å². The Labute approximate surface area is 92.5 Å². The van der Waals surface area contributed by atoms with Crippen LogP contribution in [-0.2, 0) is 0 Å². The first-order chi connectivity index (χ1) is 6.90. The van der Waals surface area contributed by atoms with Crippen LogP contribution < -0.4 is 0 Å². The van der Waals surface area contributed by atoms with Gasteiger partial charge < -0.3 is 0 Å². The molecule has 0 spiro atoms. The zero-order valence-corrected chi connectivity index (χ0v) is 10.7. The van der Waals surface area contributed by atoms with Gasteiger partial charge in [0.15, 0.2) is 0 Å². The number of carbonyl (C=O) groups excluding carboxylic acids is 1. The molecule has 78 valence electrons. The maximum Gasteiger partial charge on any atom is 0.235 e. The van der Waals surface area contributed by atoms with E-state index in [1.807, 2.05) is 31.2 Å². The molecule has 0 bridgehead atoms. The van der Waals surface area contributed by atoms with Crippen molar-refractivity contribution >= 4 is 13.9 Å². The number of carbonyl (C=O) groups is 1. The molecular weight excluding hydrogens is 200 g/mol. The molecular formula is C13H16OSi. The molecule has 0 saturated heterocycles. The molecule has 0 unspecified atom stereocenters. The maximum absolute atomic E-state index is 11.8. The van der Waals surface area contributed by atoms with Gasteiger partial charge in [0.1, 0.15) is 8.07 Å². The second kappa shape index (κ2) is 4.46. The average Bonchev–Trinajstić information content (AvgIpc) is 2.14. The molecule has 1 aromatic carbocycles. The van der Waals surface area contributed by atoms with Gasteiger partial charge in [0, 0.05) is 5.56 Å². The van der Waals surface area contributed by atoms with Crippen molar-refractivity contribution in [1.82, 2.24) is 0 Å². The third kappa shape index (κ3) is 3.73. The van der Waals surface area contributed by atoms with E-state index in [1.54, 1.807) is 0 Å². The first-order valence-corrected chi connectivity index (χ1v) is 8.53. The van der Waals surface area contributed by atoms with Crippen molar-refractivity contribution in [2.75, 3.05) is 0 Å². The van der Waals surface area contributed by atoms with Gasteiger partial charge in [0.2, 0.25) is 5.78 Å². The Hall–Kier alpha value is -1.33. The average molecular weight is 216 g/mol. The molecule has 0 N–H and O–H groups in total. The largest absolute Gasteiger partial charge is 0.279 e. The Morgan fingerprint density at radius 2 is 1.80 bits per heavy atom. The van der Waals surface area contributed by atoms with Gasteiger partial charge in [0.05, 0.1) is 0 Å². The van der Waals surface area contributed by atoms with E-state index in [0.29, 0.717) is 0 Å². The molecule has 0 atom stereocenters. The van der Waals surface area contributed by atoms with Gasteiger partial charge >= 0.3 is 0 Å². The fourth-order valence-corrected chi connectivity index (χ4v) is 1.63. The Morgan fingerprint density at radius 1 is 1.20 bits per heavy atom. The van der Waals surface area contributed by atoms with Crippen LogP contribution in [0.25, 0.3) is 0 Å². The summed E-state index contributed by atoms with van der Waals surface area (Å²) in [4.78, 5) is 11.8. The quantitative estimate of drug-likeness (QED) is 0.400. The number of benzene rings is 1. The molecule has 0 aliphatic heterocycles. The van der Waals surface area contributed by atoms with E-state index in [-0.39, 0.29) is 5.78 Å². The Morgan fingerprint density at radius 3 is 2.33 bits per heavy atom. The minimum absolute atomic E-state index is 0.0597. The van der Waals surface area contributed by atoms with E-state index in [9.17, 15) is 4.79 Å². The predicted molar refractivity (Wildman–Crippen MR) is 66.6 cm³/mol. The van der Waals surface area contributed by atoms with Gasteiger partial charge in [0.25, 0.3) is 0 Å². The second-order valence-corrected chi connectivity index (χ2v) is 9.39. The summed E-state index contributed by atoms with van der Waals surface area (Å²) in [6.07, 6.45) is 0. The molecule has 0 radical (unpaired) electrons. The van der Waals surface area contributed by atoms with Crippen molar-refractivity contribution in [2.24, 2.45) is 0 Å². The monoisotopic (exact) mass is 216 g/mol. The summed E-state index contributed by atoms with van der Waals surface area (Å²) < 4.78 is 0. The molecule has 1 aromatic rings. The zero-order chi connectivity index (χ0) is 11.5. The minimum Gasteiger partial charge on any atom is -0.279 e. The van der Waals surface area contributed by atoms with Gasteiger partial charge in [-0.1, -0.05) is 43.9 Å². The Kier molecular flexibility index (Phi) is 3.49. The normalized spacial score (nSPS) is 10.4. The summed E-state index contributed by atoms with van der Waals surface area (Å²) in [6.45, 7) is 8.32. The lowest BCUT2D eigenvalue weighted by Gasteiger charge is -2.03. The summed E-state index contributed by atoms with van der Waals surface area (Å²) in [7, 11) is -1.45. The van der Waals surface area contributed by atoms with Crippen LogP contribution in [-0.4, -0.2) is 13.9 Å². The van der Waals surface area contributed by atoms with Crippen LogP contribution in [0.4, 0.5) is 0 Å². The summed E-state index contributed by atoms with van der Waals surface area (Å²) in [6, 6.07) is 7.56. The van der Waals surface area contributed by atoms with Gasteiger partial charge in [-0.25, -0.2) is 0 Å². The zero-order valence-electron chi connectivity index (χ0n) is 9.72. The smallest absolute Gasteiger partial charge is 0.235 e. The lowest BCUT2D eigenvalue weighted by atomic mass is 10.1. The summed E-state index contributed by atoms with van der Waals surface area (Å²) in [5, 5.41) is 0. The van der Waals surface area contributed by atoms with Crippen LogP contribution in [0, 0.1) is 18.4 Å². The van der Waals surface area contributed by atoms with Gasteiger partial charge in [-0.15, -0.1) is 5.54 Å². The van der Waals surface area contributed by atoms with Crippen molar-refractivity contribution in [2.45, 2.75) is 26.6 Å². The van der Waals surface area contributed by atoms with Crippen LogP contribution in [0.1, 0.15) is 15.9 Å². The summed E-state index contributed by atoms with van der Waals surface area (Å²) in [5.74, 6) is 2.69. The summed E-state index contributed by atoms with van der Waals surface area (Å²) in [5.41, 5.74) is 4.80. The molecule has 0 fully saturated rings. The minimum atomic E-state index is -1.45. The summed E-state index contributed by atoms with van der Waals surface area (Å²) >= 11 is 0. The standard InChI is InChI=1S/C13H16OSi/c1-11-7-5-6-8-12(11)13(14)9-10-15(2,3)4/h5-8H,1-4H3. The molecule has 0 saturated carbocycles. The molecule has 0 aliphatic carbocycles. The molecule has 0 heterocycles. The van der Waals surface area contributed by atoms with Gasteiger partial charge in [-0.3, -0.25) is 4.79 Å². The van der Waals surface area contributed by atoms with Gasteiger partial charge in [-0.2, -0.15) is 0 Å². The van der Waals surface area contributed by atoms with Crippen molar-refractivity contribution < 1.29 is 4.79 Å². The van der Waals surface area contributed by atoms with Crippen molar-refractivity contribution in [3.63, 3.8) is 0 Å². The number of aryl methyl sites for hydroxylation is 1. The third-order valence-corrected chi connectivity index (χ3v) is 2.82. The molecule has 0 aromatic heterocycles. The lowest BCUT2D eigenvalue weighted by molar-refractivity contribution is 0.105. The first-order valence-electron chi connectivity index (χ1n) is 5.03. The fourth-order valence-electron chi connectivity index (χ4n) is 1.14. The number of hydrogen-bond donors (Lipinski definition) is 0. The maximum atomic E-state index is 11.8. The highest BCUT2D eigenvalue weighted by Crippen LogP contribution is 2.07. The first kappa shape index (κ1) is 11.7. The van der Waals surface area contributed by atoms with Crippen molar-refractivity contribution in [3.05, 3.63) is 35.4 Å². The van der Waals surface area contributed by atoms with E-state index in [1.165, 1.54) is 0 Å². The molecule has 15 heavy (non-hydrogen) atoms. The highest BCUT2D eigenvalue weighted by Gasteiger charge is 2.10. The highest BCUT2D eigenvalue weighted by atomic mass is 28.3. The molecule has 2 heteroatoms. The highest BCUT2D eigenvalue weighted by molar-refractivity contribution is 6.84. The Balaban J connectivity index is 2.96. The van der Waals surface area contributed by atoms with Crippen LogP contribution in [0.2, 0.25) is 19.6 Å². The molecule has 1 rings (SSSR count). The Bertz CT molecular complexity index is 430. The van der Waals surface area contributed by atoms with Crippen molar-refractivity contribution in [1.29, 1.82) is 0 Å². The third-order valence-electron chi connectivity index (χ3n) is 1.94. The molecule has 0 aliphatic rings. The van der Waals surface area contributed by atoms with E-state index in [2.05, 4.69) is 31.1 Å². The number of Topliss-reactive ketones (excluding diaryl/α,β-unsaturated/α-hetero) is 1. The number of rotatable bonds is 1. The topological polar surface area (TPSA) is 17.1 Å². The van der Waals surface area contributed by atoms with Crippen LogP contribution >= 0.6 is 0 Å². The predicted octanol–water partition coefficient (Wildman–Crippen LogP) is 3.06. The lowest BCUT2D eigenvalue weighted by Crippen LogP contribution is -2.17. The van der Waals surface area contributed by atoms with E-state index in [4.69, 9.17) is 0 Å². The number of ketones is 1. The van der Waals surface area contributed by atoms with Gasteiger partial charge in [-0.05, 0) is 18.4 Å². The van der Waals surface area contributed by atoms with E-state index >= 15 is 0 Å². The number of hydrogen-bond acceptors (Lipinski definition) is 1.